The average molecular weight is 430 g/mol. The minimum Gasteiger partial charge on any atom is -0.493 e. The molecule has 32 heavy (non-hydrogen) atoms. The van der Waals surface area contributed by atoms with Gasteiger partial charge in [-0.05, 0) is 61.0 Å². The number of aromatic nitrogens is 3. The highest BCUT2D eigenvalue weighted by atomic mass is 19.1. The lowest BCUT2D eigenvalue weighted by molar-refractivity contribution is 0.0791. The molecule has 1 atom stereocenters. The summed E-state index contributed by atoms with van der Waals surface area (Å²) < 4.78 is 18.6. The van der Waals surface area contributed by atoms with Crippen molar-refractivity contribution in [3.63, 3.8) is 0 Å². The van der Waals surface area contributed by atoms with Gasteiger partial charge in [0.2, 0.25) is 0 Å². The molecule has 1 aliphatic rings. The van der Waals surface area contributed by atoms with Crippen molar-refractivity contribution in [2.45, 2.75) is 18.8 Å². The minimum absolute atomic E-state index is 0.0433. The van der Waals surface area contributed by atoms with Crippen LogP contribution in [0.3, 0.4) is 0 Å². The number of amides is 1. The Balaban J connectivity index is 1.17. The molecule has 6 nitrogen and oxygen atoms in total. The van der Waals surface area contributed by atoms with E-state index in [-0.39, 0.29) is 17.6 Å². The van der Waals surface area contributed by atoms with Gasteiger partial charge in [0, 0.05) is 48.3 Å². The number of pyridine rings is 1. The van der Waals surface area contributed by atoms with Crippen LogP contribution >= 0.6 is 0 Å². The van der Waals surface area contributed by atoms with Crippen molar-refractivity contribution in [3.8, 4) is 5.75 Å². The molecule has 7 heteroatoms. The Morgan fingerprint density at radius 1 is 1.16 bits per heavy atom. The van der Waals surface area contributed by atoms with Crippen LogP contribution in [-0.2, 0) is 6.42 Å². The number of likely N-dealkylation sites (tertiary alicyclic amines) is 1. The van der Waals surface area contributed by atoms with E-state index < -0.39 is 0 Å². The standard InChI is InChI=1S/C25H23FN4O2/c26-20-4-6-22(7-5-20)32-13-10-21-15-24(29-28-21)19-9-12-30(16-19)25(31)18-3-8-23-17(14-18)2-1-11-27-23/h1-8,11,14-15,19H,9-10,12-13,16H2,(H,28,29)/t19-/m0/s1. The van der Waals surface area contributed by atoms with E-state index in [1.54, 1.807) is 18.3 Å². The molecule has 3 heterocycles. The first kappa shape index (κ1) is 20.2. The molecule has 2 aromatic heterocycles. The van der Waals surface area contributed by atoms with Crippen molar-refractivity contribution in [2.24, 2.45) is 0 Å². The third-order valence-electron chi connectivity index (χ3n) is 5.85. The van der Waals surface area contributed by atoms with Gasteiger partial charge < -0.3 is 9.64 Å². The van der Waals surface area contributed by atoms with E-state index >= 15 is 0 Å². The Hall–Kier alpha value is -3.74. The number of fused-ring (bicyclic) bond motifs is 1. The molecular formula is C25H23FN4O2. The fourth-order valence-corrected chi connectivity index (χ4v) is 4.10. The summed E-state index contributed by atoms with van der Waals surface area (Å²) in [5.41, 5.74) is 3.52. The number of halogens is 1. The fraction of sp³-hybridized carbons (Fsp3) is 0.240. The second-order valence-electron chi connectivity index (χ2n) is 8.02. The maximum absolute atomic E-state index is 13.0. The van der Waals surface area contributed by atoms with E-state index in [0.29, 0.717) is 37.4 Å². The van der Waals surface area contributed by atoms with Gasteiger partial charge in [0.05, 0.1) is 17.8 Å². The maximum Gasteiger partial charge on any atom is 0.253 e. The van der Waals surface area contributed by atoms with E-state index in [0.717, 1.165) is 28.7 Å². The van der Waals surface area contributed by atoms with Crippen molar-refractivity contribution in [1.82, 2.24) is 20.1 Å². The molecule has 4 aromatic rings. The molecule has 1 aliphatic heterocycles. The highest BCUT2D eigenvalue weighted by molar-refractivity contribution is 5.98. The molecule has 1 N–H and O–H groups in total. The van der Waals surface area contributed by atoms with E-state index in [1.165, 1.54) is 12.1 Å². The summed E-state index contributed by atoms with van der Waals surface area (Å²) in [4.78, 5) is 19.2. The highest BCUT2D eigenvalue weighted by Crippen LogP contribution is 2.28. The lowest BCUT2D eigenvalue weighted by atomic mass is 10.0. The first-order valence-electron chi connectivity index (χ1n) is 10.7. The van der Waals surface area contributed by atoms with E-state index in [9.17, 15) is 9.18 Å². The van der Waals surface area contributed by atoms with Crippen LogP contribution in [0.5, 0.6) is 5.75 Å². The van der Waals surface area contributed by atoms with Crippen LogP contribution in [0.2, 0.25) is 0 Å². The number of nitrogens with zero attached hydrogens (tertiary/aromatic N) is 3. The number of rotatable bonds is 6. The molecule has 0 unspecified atom stereocenters. The predicted octanol–water partition coefficient (Wildman–Crippen LogP) is 4.35. The monoisotopic (exact) mass is 430 g/mol. The topological polar surface area (TPSA) is 71.1 Å². The van der Waals surface area contributed by atoms with Crippen molar-refractivity contribution in [3.05, 3.63) is 89.6 Å². The van der Waals surface area contributed by atoms with Gasteiger partial charge in [0.15, 0.2) is 0 Å². The molecule has 5 rings (SSSR count). The van der Waals surface area contributed by atoms with Crippen LogP contribution in [0.25, 0.3) is 10.9 Å². The molecule has 0 aliphatic carbocycles. The van der Waals surface area contributed by atoms with Gasteiger partial charge in [-0.1, -0.05) is 6.07 Å². The summed E-state index contributed by atoms with van der Waals surface area (Å²) in [7, 11) is 0. The zero-order chi connectivity index (χ0) is 21.9. The van der Waals surface area contributed by atoms with Crippen LogP contribution < -0.4 is 4.74 Å². The number of hydrogen-bond acceptors (Lipinski definition) is 4. The van der Waals surface area contributed by atoms with E-state index in [1.807, 2.05) is 41.3 Å². The van der Waals surface area contributed by atoms with Crippen molar-refractivity contribution < 1.29 is 13.9 Å². The quantitative estimate of drug-likeness (QED) is 0.494. The summed E-state index contributed by atoms with van der Waals surface area (Å²) in [5, 5.41) is 8.51. The molecule has 0 spiro atoms. The van der Waals surface area contributed by atoms with Crippen LogP contribution in [0.4, 0.5) is 4.39 Å². The smallest absolute Gasteiger partial charge is 0.253 e. The Morgan fingerprint density at radius 3 is 2.91 bits per heavy atom. The maximum atomic E-state index is 13.0. The molecule has 0 saturated carbocycles. The summed E-state index contributed by atoms with van der Waals surface area (Å²) in [6, 6.07) is 17.5. The summed E-state index contributed by atoms with van der Waals surface area (Å²) in [6.45, 7) is 1.84. The second-order valence-corrected chi connectivity index (χ2v) is 8.02. The molecule has 0 radical (unpaired) electrons. The third kappa shape index (κ3) is 4.32. The van der Waals surface area contributed by atoms with Gasteiger partial charge in [-0.15, -0.1) is 0 Å². The minimum atomic E-state index is -0.280. The number of carbonyl (C=O) groups is 1. The highest BCUT2D eigenvalue weighted by Gasteiger charge is 2.29. The van der Waals surface area contributed by atoms with Crippen LogP contribution in [0.15, 0.2) is 66.9 Å². The number of H-pyrrole nitrogens is 1. The zero-order valence-corrected chi connectivity index (χ0v) is 17.5. The molecular weight excluding hydrogens is 407 g/mol. The number of ether oxygens (including phenoxy) is 1. The molecule has 162 valence electrons. The van der Waals surface area contributed by atoms with E-state index in [4.69, 9.17) is 4.74 Å². The van der Waals surface area contributed by atoms with Gasteiger partial charge in [-0.3, -0.25) is 14.9 Å². The molecule has 1 amide bonds. The van der Waals surface area contributed by atoms with Crippen molar-refractivity contribution in [1.29, 1.82) is 0 Å². The summed E-state index contributed by atoms with van der Waals surface area (Å²) in [6.07, 6.45) is 3.31. The van der Waals surface area contributed by atoms with Crippen molar-refractivity contribution >= 4 is 16.8 Å². The zero-order valence-electron chi connectivity index (χ0n) is 17.5. The largest absolute Gasteiger partial charge is 0.493 e. The number of hydrogen-bond donors (Lipinski definition) is 1. The SMILES string of the molecule is O=C(c1ccc2ncccc2c1)N1CC[C@H](c2cc(CCOc3ccc(F)cc3)[nH]n2)C1. The van der Waals surface area contributed by atoms with Gasteiger partial charge in [-0.2, -0.15) is 5.10 Å². The van der Waals surface area contributed by atoms with Gasteiger partial charge in [-0.25, -0.2) is 4.39 Å². The Bertz CT molecular complexity index is 1240. The first-order valence-corrected chi connectivity index (χ1v) is 10.7. The van der Waals surface area contributed by atoms with E-state index in [2.05, 4.69) is 15.2 Å². The lowest BCUT2D eigenvalue weighted by Gasteiger charge is -2.16. The van der Waals surface area contributed by atoms with Gasteiger partial charge >= 0.3 is 0 Å². The Labute approximate surface area is 185 Å². The van der Waals surface area contributed by atoms with Gasteiger partial charge in [0.25, 0.3) is 5.91 Å². The van der Waals surface area contributed by atoms with Crippen LogP contribution in [0.1, 0.15) is 34.1 Å². The predicted molar refractivity (Wildman–Crippen MR) is 119 cm³/mol. The van der Waals surface area contributed by atoms with Crippen LogP contribution in [0, 0.1) is 5.82 Å². The number of benzene rings is 2. The first-order chi connectivity index (χ1) is 15.7. The third-order valence-corrected chi connectivity index (χ3v) is 5.85. The normalized spacial score (nSPS) is 15.9. The molecule has 1 saturated heterocycles. The lowest BCUT2D eigenvalue weighted by Crippen LogP contribution is -2.28. The Morgan fingerprint density at radius 2 is 2.03 bits per heavy atom. The number of aromatic amines is 1. The molecule has 1 fully saturated rings. The van der Waals surface area contributed by atoms with Crippen LogP contribution in [-0.4, -0.2) is 45.7 Å². The summed E-state index contributed by atoms with van der Waals surface area (Å²) >= 11 is 0. The number of carbonyl (C=O) groups excluding carboxylic acids is 1. The van der Waals surface area contributed by atoms with Crippen molar-refractivity contribution in [2.75, 3.05) is 19.7 Å². The Kier molecular flexibility index (Phi) is 5.54. The second kappa shape index (κ2) is 8.78. The van der Waals surface area contributed by atoms with Gasteiger partial charge in [0.1, 0.15) is 11.6 Å². The summed E-state index contributed by atoms with van der Waals surface area (Å²) in [5.74, 6) is 0.614. The fourth-order valence-electron chi connectivity index (χ4n) is 4.10. The molecule has 0 bridgehead atoms. The number of nitrogens with one attached hydrogen (secondary N) is 1. The average Bonchev–Trinajstić information content (AvgIpc) is 3.49. The molecule has 2 aromatic carbocycles.